The summed E-state index contributed by atoms with van der Waals surface area (Å²) in [6, 6.07) is 12.3. The molecule has 1 atom stereocenters. The highest BCUT2D eigenvalue weighted by Gasteiger charge is 2.41. The molecule has 8 nitrogen and oxygen atoms in total. The molecular formula is C42H30F11N3O5S. The van der Waals surface area contributed by atoms with Crippen molar-refractivity contribution in [1.82, 2.24) is 5.32 Å². The quantitative estimate of drug-likeness (QED) is 0.106. The molecule has 3 N–H and O–H groups in total. The van der Waals surface area contributed by atoms with Crippen LogP contribution in [-0.2, 0) is 18.9 Å². The average molecular weight is 898 g/mol. The summed E-state index contributed by atoms with van der Waals surface area (Å²) in [5.74, 6) is -4.47. The third-order valence-corrected chi connectivity index (χ3v) is 10.5. The van der Waals surface area contributed by atoms with E-state index in [4.69, 9.17) is 14.2 Å². The molecule has 0 aliphatic rings. The maximum Gasteiger partial charge on any atom is 0.419 e. The van der Waals surface area contributed by atoms with Gasteiger partial charge >= 0.3 is 18.5 Å². The zero-order chi connectivity index (χ0) is 45.3. The monoisotopic (exact) mass is 897 g/mol. The Morgan fingerprint density at radius 1 is 0.661 bits per heavy atom. The van der Waals surface area contributed by atoms with Crippen LogP contribution in [0.5, 0.6) is 17.2 Å². The van der Waals surface area contributed by atoms with Gasteiger partial charge in [-0.15, -0.1) is 11.3 Å². The molecule has 0 aliphatic carbocycles. The molecule has 0 radical (unpaired) electrons. The molecule has 0 aliphatic heterocycles. The minimum Gasteiger partial charge on any atom is -0.496 e. The minimum atomic E-state index is -5.16. The van der Waals surface area contributed by atoms with Gasteiger partial charge in [-0.2, -0.15) is 39.5 Å². The Labute approximate surface area is 348 Å². The zero-order valence-electron chi connectivity index (χ0n) is 32.1. The lowest BCUT2D eigenvalue weighted by Gasteiger charge is -2.23. The SMILES string of the molecule is COc1ccc(CNC(c2ccc(F)c(-c3ccc(OC)c(C(=O)Nc4c(C(=O)Nc5ccc(F)c(C(F)(F)F)c5)sc5cc(C(F)(F)F)ccc45)c3)c2)C(F)(F)F)cc1OC. The molecule has 326 valence electrons. The topological polar surface area (TPSA) is 97.9 Å². The zero-order valence-corrected chi connectivity index (χ0v) is 32.9. The Kier molecular flexibility index (Phi) is 12.8. The summed E-state index contributed by atoms with van der Waals surface area (Å²) in [6.07, 6.45) is -14.9. The number of halogens is 11. The highest BCUT2D eigenvalue weighted by atomic mass is 32.1. The van der Waals surface area contributed by atoms with Gasteiger partial charge in [0, 0.05) is 27.9 Å². The number of carbonyl (C=O) groups is 2. The van der Waals surface area contributed by atoms with Gasteiger partial charge < -0.3 is 24.8 Å². The van der Waals surface area contributed by atoms with Gasteiger partial charge in [0.1, 0.15) is 28.3 Å². The molecule has 0 saturated carbocycles. The average Bonchev–Trinajstić information content (AvgIpc) is 3.58. The van der Waals surface area contributed by atoms with E-state index in [1.165, 1.54) is 44.6 Å². The number of nitrogens with one attached hydrogen (secondary N) is 3. The fourth-order valence-corrected chi connectivity index (χ4v) is 7.47. The van der Waals surface area contributed by atoms with Crippen molar-refractivity contribution in [1.29, 1.82) is 0 Å². The molecule has 0 bridgehead atoms. The highest BCUT2D eigenvalue weighted by molar-refractivity contribution is 7.21. The highest BCUT2D eigenvalue weighted by Crippen LogP contribution is 2.42. The first-order valence-electron chi connectivity index (χ1n) is 17.7. The molecular weight excluding hydrogens is 868 g/mol. The molecule has 5 aromatic carbocycles. The van der Waals surface area contributed by atoms with Gasteiger partial charge in [-0.1, -0.05) is 24.3 Å². The fraction of sp³-hybridized carbons (Fsp3) is 0.190. The van der Waals surface area contributed by atoms with Gasteiger partial charge in [-0.25, -0.2) is 8.78 Å². The molecule has 1 heterocycles. The molecule has 2 amide bonds. The second-order valence-electron chi connectivity index (χ2n) is 13.3. The van der Waals surface area contributed by atoms with E-state index in [-0.39, 0.29) is 44.8 Å². The van der Waals surface area contributed by atoms with E-state index in [1.807, 2.05) is 0 Å². The number of hydrogen-bond acceptors (Lipinski definition) is 7. The lowest BCUT2D eigenvalue weighted by Crippen LogP contribution is -2.34. The number of ether oxygens (including phenoxy) is 3. The predicted molar refractivity (Wildman–Crippen MR) is 208 cm³/mol. The van der Waals surface area contributed by atoms with Gasteiger partial charge in [0.15, 0.2) is 11.5 Å². The maximum atomic E-state index is 15.5. The second kappa shape index (κ2) is 17.5. The normalized spacial score (nSPS) is 12.5. The summed E-state index contributed by atoms with van der Waals surface area (Å²) >= 11 is 0.442. The molecule has 0 saturated heterocycles. The van der Waals surface area contributed by atoms with E-state index in [0.717, 1.165) is 43.5 Å². The van der Waals surface area contributed by atoms with Crippen molar-refractivity contribution in [2.24, 2.45) is 0 Å². The number of alkyl halides is 9. The van der Waals surface area contributed by atoms with Gasteiger partial charge in [0.25, 0.3) is 11.8 Å². The Bertz CT molecular complexity index is 2660. The van der Waals surface area contributed by atoms with Crippen molar-refractivity contribution in [3.63, 3.8) is 0 Å². The number of methoxy groups -OCH3 is 3. The Balaban J connectivity index is 1.36. The van der Waals surface area contributed by atoms with Crippen molar-refractivity contribution in [3.05, 3.63) is 135 Å². The van der Waals surface area contributed by atoms with Gasteiger partial charge in [0.05, 0.1) is 43.7 Å². The smallest absolute Gasteiger partial charge is 0.419 e. The predicted octanol–water partition coefficient (Wildman–Crippen LogP) is 11.8. The summed E-state index contributed by atoms with van der Waals surface area (Å²) in [6.45, 7) is -0.308. The summed E-state index contributed by atoms with van der Waals surface area (Å²) in [4.78, 5) is 27.1. The van der Waals surface area contributed by atoms with Crippen LogP contribution in [0.2, 0.25) is 0 Å². The van der Waals surface area contributed by atoms with Crippen molar-refractivity contribution < 1.29 is 72.1 Å². The molecule has 0 fully saturated rings. The first kappa shape index (κ1) is 45.1. The summed E-state index contributed by atoms with van der Waals surface area (Å²) in [5, 5.41) is 6.89. The number of fused-ring (bicyclic) bond motifs is 1. The van der Waals surface area contributed by atoms with Crippen LogP contribution in [0.15, 0.2) is 91.0 Å². The number of rotatable bonds is 12. The molecule has 20 heteroatoms. The summed E-state index contributed by atoms with van der Waals surface area (Å²) in [5.41, 5.74) is -4.66. The van der Waals surface area contributed by atoms with E-state index < -0.39 is 81.0 Å². The number of hydrogen-bond donors (Lipinski definition) is 3. The summed E-state index contributed by atoms with van der Waals surface area (Å²) in [7, 11) is 3.90. The van der Waals surface area contributed by atoms with Crippen LogP contribution >= 0.6 is 11.3 Å². The Morgan fingerprint density at radius 3 is 1.98 bits per heavy atom. The van der Waals surface area contributed by atoms with Crippen molar-refractivity contribution in [3.8, 4) is 28.4 Å². The van der Waals surface area contributed by atoms with E-state index in [1.54, 1.807) is 0 Å². The molecule has 6 aromatic rings. The number of carbonyl (C=O) groups excluding carboxylic acids is 2. The largest absolute Gasteiger partial charge is 0.496 e. The Hall–Kier alpha value is -6.41. The van der Waals surface area contributed by atoms with Gasteiger partial charge in [-0.05, 0) is 83.4 Å². The van der Waals surface area contributed by atoms with E-state index in [0.29, 0.717) is 46.9 Å². The molecule has 62 heavy (non-hydrogen) atoms. The first-order valence-corrected chi connectivity index (χ1v) is 18.6. The van der Waals surface area contributed by atoms with Gasteiger partial charge in [-0.3, -0.25) is 14.9 Å². The fourth-order valence-electron chi connectivity index (χ4n) is 6.38. The molecule has 1 unspecified atom stereocenters. The molecule has 1 aromatic heterocycles. The van der Waals surface area contributed by atoms with E-state index in [2.05, 4.69) is 16.0 Å². The maximum absolute atomic E-state index is 15.5. The molecule has 6 rings (SSSR count). The number of anilines is 2. The summed E-state index contributed by atoms with van der Waals surface area (Å²) < 4.78 is 170. The van der Waals surface area contributed by atoms with Crippen LogP contribution in [0.4, 0.5) is 59.7 Å². The minimum absolute atomic E-state index is 0.107. The second-order valence-corrected chi connectivity index (χ2v) is 14.4. The van der Waals surface area contributed by atoms with Crippen molar-refractivity contribution in [2.75, 3.05) is 32.0 Å². The lowest BCUT2D eigenvalue weighted by molar-refractivity contribution is -0.158. The third-order valence-electron chi connectivity index (χ3n) is 9.36. The third kappa shape index (κ3) is 9.70. The van der Waals surface area contributed by atoms with Gasteiger partial charge in [0.2, 0.25) is 0 Å². The Morgan fingerprint density at radius 2 is 1.34 bits per heavy atom. The van der Waals surface area contributed by atoms with Crippen LogP contribution < -0.4 is 30.2 Å². The van der Waals surface area contributed by atoms with E-state index in [9.17, 15) is 53.5 Å². The van der Waals surface area contributed by atoms with Crippen LogP contribution in [0.1, 0.15) is 48.3 Å². The van der Waals surface area contributed by atoms with Crippen LogP contribution in [0.3, 0.4) is 0 Å². The standard InChI is InChI=1S/C42H30F11N3O5S/c1-59-31-13-6-21(26-16-22(5-10-29(26)43)37(42(51,52)53)54-19-20-4-12-32(60-2)33(14-20)61-3)15-27(31)38(57)56-35-25-9-7-23(40(45,46)47)17-34(25)62-36(35)39(58)55-24-8-11-30(44)28(18-24)41(48,49)50/h4-18,37,54H,19H2,1-3H3,(H,55,58)(H,56,57). The lowest BCUT2D eigenvalue weighted by atomic mass is 9.96. The van der Waals surface area contributed by atoms with Crippen molar-refractivity contribution in [2.45, 2.75) is 31.1 Å². The first-order chi connectivity index (χ1) is 29.1. The van der Waals surface area contributed by atoms with Crippen LogP contribution in [0, 0.1) is 11.6 Å². The number of benzene rings is 5. The van der Waals surface area contributed by atoms with Crippen LogP contribution in [-0.4, -0.2) is 39.3 Å². The van der Waals surface area contributed by atoms with Crippen LogP contribution in [0.25, 0.3) is 21.2 Å². The number of amides is 2. The van der Waals surface area contributed by atoms with E-state index >= 15 is 4.39 Å². The molecule has 0 spiro atoms. The van der Waals surface area contributed by atoms with Crippen molar-refractivity contribution >= 4 is 44.6 Å². The number of thiophene rings is 1.